The van der Waals surface area contributed by atoms with E-state index in [1.807, 2.05) is 6.20 Å². The number of hydrogen-bond acceptors (Lipinski definition) is 3. The van der Waals surface area contributed by atoms with Crippen molar-refractivity contribution < 1.29 is 4.74 Å². The molecule has 1 fully saturated rings. The lowest BCUT2D eigenvalue weighted by Gasteiger charge is -2.32. The van der Waals surface area contributed by atoms with Gasteiger partial charge in [-0.2, -0.15) is 0 Å². The minimum atomic E-state index is 0.637. The van der Waals surface area contributed by atoms with Crippen LogP contribution in [0.5, 0.6) is 0 Å². The van der Waals surface area contributed by atoms with Gasteiger partial charge in [-0.3, -0.25) is 0 Å². The second-order valence-electron chi connectivity index (χ2n) is 5.85. The standard InChI is InChI=1S/C17H25N3O/c1-21-12-11-20-9-6-15(7-10-20)19-13-14-3-2-4-17-16(14)5-8-18-17/h2-5,8,15,18-19H,6-7,9-13H2,1H3. The zero-order valence-electron chi connectivity index (χ0n) is 12.8. The molecule has 4 heteroatoms. The molecule has 114 valence electrons. The number of aromatic nitrogens is 1. The van der Waals surface area contributed by atoms with Gasteiger partial charge in [0.25, 0.3) is 0 Å². The van der Waals surface area contributed by atoms with Gasteiger partial charge in [-0.1, -0.05) is 12.1 Å². The number of fused-ring (bicyclic) bond motifs is 1. The maximum atomic E-state index is 5.15. The van der Waals surface area contributed by atoms with Crippen LogP contribution in [0.3, 0.4) is 0 Å². The van der Waals surface area contributed by atoms with E-state index in [0.717, 1.165) is 19.7 Å². The quantitative estimate of drug-likeness (QED) is 0.857. The maximum absolute atomic E-state index is 5.15. The number of rotatable bonds is 6. The van der Waals surface area contributed by atoms with Crippen molar-refractivity contribution in [1.29, 1.82) is 0 Å². The van der Waals surface area contributed by atoms with E-state index >= 15 is 0 Å². The highest BCUT2D eigenvalue weighted by Crippen LogP contribution is 2.18. The topological polar surface area (TPSA) is 40.3 Å². The predicted octanol–water partition coefficient (Wildman–Crippen LogP) is 2.37. The first kappa shape index (κ1) is 14.6. The summed E-state index contributed by atoms with van der Waals surface area (Å²) in [6.07, 6.45) is 4.47. The van der Waals surface area contributed by atoms with E-state index in [9.17, 15) is 0 Å². The lowest BCUT2D eigenvalue weighted by molar-refractivity contribution is 0.126. The van der Waals surface area contributed by atoms with E-state index in [1.165, 1.54) is 42.4 Å². The van der Waals surface area contributed by atoms with Crippen LogP contribution in [0.15, 0.2) is 30.5 Å². The van der Waals surface area contributed by atoms with Gasteiger partial charge in [0, 0.05) is 43.3 Å². The normalized spacial score (nSPS) is 17.6. The average Bonchev–Trinajstić information content (AvgIpc) is 3.01. The monoisotopic (exact) mass is 287 g/mol. The van der Waals surface area contributed by atoms with E-state index in [0.29, 0.717) is 6.04 Å². The zero-order valence-corrected chi connectivity index (χ0v) is 12.8. The molecule has 4 nitrogen and oxygen atoms in total. The summed E-state index contributed by atoms with van der Waals surface area (Å²) in [6.45, 7) is 5.21. The smallest absolute Gasteiger partial charge is 0.0589 e. The van der Waals surface area contributed by atoms with Crippen molar-refractivity contribution in [2.45, 2.75) is 25.4 Å². The third kappa shape index (κ3) is 3.64. The molecule has 0 spiro atoms. The van der Waals surface area contributed by atoms with Crippen LogP contribution >= 0.6 is 0 Å². The summed E-state index contributed by atoms with van der Waals surface area (Å²) in [7, 11) is 1.77. The molecule has 1 aliphatic heterocycles. The van der Waals surface area contributed by atoms with Crippen molar-refractivity contribution >= 4 is 10.9 Å². The number of benzene rings is 1. The molecule has 2 heterocycles. The Hall–Kier alpha value is -1.36. The number of aromatic amines is 1. The Morgan fingerprint density at radius 2 is 2.14 bits per heavy atom. The lowest BCUT2D eigenvalue weighted by atomic mass is 10.0. The molecular weight excluding hydrogens is 262 g/mol. The van der Waals surface area contributed by atoms with Crippen molar-refractivity contribution in [3.05, 3.63) is 36.0 Å². The van der Waals surface area contributed by atoms with Gasteiger partial charge in [-0.05, 0) is 43.6 Å². The number of H-pyrrole nitrogens is 1. The number of likely N-dealkylation sites (tertiary alicyclic amines) is 1. The van der Waals surface area contributed by atoms with Gasteiger partial charge >= 0.3 is 0 Å². The summed E-state index contributed by atoms with van der Waals surface area (Å²) < 4.78 is 5.15. The van der Waals surface area contributed by atoms with Crippen molar-refractivity contribution in [3.63, 3.8) is 0 Å². The molecule has 2 N–H and O–H groups in total. The fourth-order valence-corrected chi connectivity index (χ4v) is 3.14. The van der Waals surface area contributed by atoms with Crippen molar-refractivity contribution in [2.75, 3.05) is 33.4 Å². The Balaban J connectivity index is 1.49. The van der Waals surface area contributed by atoms with Crippen molar-refractivity contribution in [1.82, 2.24) is 15.2 Å². The van der Waals surface area contributed by atoms with Crippen molar-refractivity contribution in [3.8, 4) is 0 Å². The molecule has 0 bridgehead atoms. The van der Waals surface area contributed by atoms with Gasteiger partial charge in [-0.25, -0.2) is 0 Å². The minimum absolute atomic E-state index is 0.637. The van der Waals surface area contributed by atoms with Gasteiger partial charge in [0.05, 0.1) is 6.61 Å². The first-order valence-corrected chi connectivity index (χ1v) is 7.86. The number of methoxy groups -OCH3 is 1. The summed E-state index contributed by atoms with van der Waals surface area (Å²) in [6, 6.07) is 9.28. The predicted molar refractivity (Wildman–Crippen MR) is 86.5 cm³/mol. The van der Waals surface area contributed by atoms with Gasteiger partial charge in [0.2, 0.25) is 0 Å². The fourth-order valence-electron chi connectivity index (χ4n) is 3.14. The minimum Gasteiger partial charge on any atom is -0.383 e. The van der Waals surface area contributed by atoms with Gasteiger partial charge in [0.15, 0.2) is 0 Å². The summed E-state index contributed by atoms with van der Waals surface area (Å²) in [4.78, 5) is 5.77. The molecule has 21 heavy (non-hydrogen) atoms. The number of hydrogen-bond donors (Lipinski definition) is 2. The molecule has 0 saturated carbocycles. The van der Waals surface area contributed by atoms with Gasteiger partial charge in [-0.15, -0.1) is 0 Å². The highest BCUT2D eigenvalue weighted by atomic mass is 16.5. The molecular formula is C17H25N3O. The molecule has 1 aromatic carbocycles. The SMILES string of the molecule is COCCN1CCC(NCc2cccc3[nH]ccc23)CC1. The van der Waals surface area contributed by atoms with Crippen LogP contribution in [0.4, 0.5) is 0 Å². The Bertz CT molecular complexity index is 558. The molecule has 3 rings (SSSR count). The first-order valence-electron chi connectivity index (χ1n) is 7.86. The van der Waals surface area contributed by atoms with E-state index in [-0.39, 0.29) is 0 Å². The van der Waals surface area contributed by atoms with Crippen LogP contribution in [0.1, 0.15) is 18.4 Å². The van der Waals surface area contributed by atoms with E-state index in [1.54, 1.807) is 7.11 Å². The third-order valence-electron chi connectivity index (χ3n) is 4.47. The average molecular weight is 287 g/mol. The first-order chi connectivity index (χ1) is 10.4. The highest BCUT2D eigenvalue weighted by molar-refractivity contribution is 5.82. The molecule has 1 aliphatic rings. The molecule has 0 amide bonds. The van der Waals surface area contributed by atoms with Crippen LogP contribution in [0, 0.1) is 0 Å². The molecule has 0 unspecified atom stereocenters. The van der Waals surface area contributed by atoms with Gasteiger partial charge < -0.3 is 19.9 Å². The Kier molecular flexibility index (Phi) is 4.91. The molecule has 0 aliphatic carbocycles. The lowest BCUT2D eigenvalue weighted by Crippen LogP contribution is -2.43. The van der Waals surface area contributed by atoms with Crippen LogP contribution in [-0.2, 0) is 11.3 Å². The maximum Gasteiger partial charge on any atom is 0.0589 e. The second-order valence-corrected chi connectivity index (χ2v) is 5.85. The summed E-state index contributed by atoms with van der Waals surface area (Å²) in [5.74, 6) is 0. The number of ether oxygens (including phenoxy) is 1. The summed E-state index contributed by atoms with van der Waals surface area (Å²) >= 11 is 0. The van der Waals surface area contributed by atoms with E-state index in [4.69, 9.17) is 4.74 Å². The third-order valence-corrected chi connectivity index (χ3v) is 4.47. The molecule has 1 aromatic heterocycles. The zero-order chi connectivity index (χ0) is 14.5. The highest BCUT2D eigenvalue weighted by Gasteiger charge is 2.18. The second kappa shape index (κ2) is 7.07. The number of nitrogens with one attached hydrogen (secondary N) is 2. The molecule has 0 atom stereocenters. The van der Waals surface area contributed by atoms with E-state index in [2.05, 4.69) is 39.5 Å². The Morgan fingerprint density at radius 3 is 2.95 bits per heavy atom. The van der Waals surface area contributed by atoms with Crippen LogP contribution in [0.25, 0.3) is 10.9 Å². The van der Waals surface area contributed by atoms with Gasteiger partial charge in [0.1, 0.15) is 0 Å². The molecule has 2 aromatic rings. The van der Waals surface area contributed by atoms with Crippen LogP contribution in [-0.4, -0.2) is 49.3 Å². The number of nitrogens with zero attached hydrogens (tertiary/aromatic N) is 1. The Morgan fingerprint density at radius 1 is 1.29 bits per heavy atom. The Labute approximate surface area is 126 Å². The largest absolute Gasteiger partial charge is 0.383 e. The molecule has 0 radical (unpaired) electrons. The fraction of sp³-hybridized carbons (Fsp3) is 0.529. The van der Waals surface area contributed by atoms with Crippen LogP contribution < -0.4 is 5.32 Å². The molecule has 1 saturated heterocycles. The van der Waals surface area contributed by atoms with Crippen molar-refractivity contribution in [2.24, 2.45) is 0 Å². The summed E-state index contributed by atoms with van der Waals surface area (Å²) in [5.41, 5.74) is 2.61. The summed E-state index contributed by atoms with van der Waals surface area (Å²) in [5, 5.41) is 5.06. The van der Waals surface area contributed by atoms with Crippen LogP contribution in [0.2, 0.25) is 0 Å². The number of piperidine rings is 1. The van der Waals surface area contributed by atoms with E-state index < -0.39 is 0 Å².